The number of esters is 1. The number of rotatable bonds is 13. The van der Waals surface area contributed by atoms with Crippen molar-refractivity contribution in [2.45, 2.75) is 90.6 Å². The Morgan fingerprint density at radius 2 is 1.42 bits per heavy atom. The van der Waals surface area contributed by atoms with Crippen molar-refractivity contribution in [3.63, 3.8) is 0 Å². The van der Waals surface area contributed by atoms with Crippen LogP contribution in [0.2, 0.25) is 0 Å². The molecule has 0 bridgehead atoms. The fraction of sp³-hybridized carbons (Fsp3) is 0.485. The van der Waals surface area contributed by atoms with Gasteiger partial charge >= 0.3 is 12.1 Å². The summed E-state index contributed by atoms with van der Waals surface area (Å²) in [5, 5.41) is 15.1. The molecule has 2 rings (SSSR count). The van der Waals surface area contributed by atoms with Crippen LogP contribution in [0.25, 0.3) is 0 Å². The van der Waals surface area contributed by atoms with Crippen LogP contribution in [0.1, 0.15) is 70.7 Å². The molecule has 0 saturated carbocycles. The van der Waals surface area contributed by atoms with Gasteiger partial charge in [0, 0.05) is 13.0 Å². The van der Waals surface area contributed by atoms with Crippen molar-refractivity contribution in [2.75, 3.05) is 13.2 Å². The van der Waals surface area contributed by atoms with Gasteiger partial charge in [-0.05, 0) is 59.6 Å². The molecule has 12 heteroatoms. The summed E-state index contributed by atoms with van der Waals surface area (Å²) in [7, 11) is 0. The highest BCUT2D eigenvalue weighted by Crippen LogP contribution is 2.24. The Kier molecular flexibility index (Phi) is 13.1. The topological polar surface area (TPSA) is 177 Å². The first-order chi connectivity index (χ1) is 20.9. The van der Waals surface area contributed by atoms with Gasteiger partial charge < -0.3 is 35.8 Å². The summed E-state index contributed by atoms with van der Waals surface area (Å²) in [5.41, 5.74) is 5.66. The molecule has 5 N–H and O–H groups in total. The molecular weight excluding hydrogens is 580 g/mol. The van der Waals surface area contributed by atoms with Crippen LogP contribution in [0.5, 0.6) is 0 Å². The first-order valence-corrected chi connectivity index (χ1v) is 14.7. The van der Waals surface area contributed by atoms with E-state index in [2.05, 4.69) is 10.6 Å². The van der Waals surface area contributed by atoms with Crippen LogP contribution in [0, 0.1) is 6.92 Å². The summed E-state index contributed by atoms with van der Waals surface area (Å²) in [5.74, 6) is -3.19. The Morgan fingerprint density at radius 1 is 0.844 bits per heavy atom. The maximum absolute atomic E-state index is 14.2. The van der Waals surface area contributed by atoms with E-state index in [1.165, 1.54) is 0 Å². The number of nitrogens with zero attached hydrogens (tertiary/aromatic N) is 1. The zero-order chi connectivity index (χ0) is 33.9. The van der Waals surface area contributed by atoms with E-state index in [4.69, 9.17) is 15.2 Å². The van der Waals surface area contributed by atoms with Crippen LogP contribution in [-0.4, -0.2) is 76.2 Å². The Bertz CT molecular complexity index is 1320. The Labute approximate surface area is 264 Å². The summed E-state index contributed by atoms with van der Waals surface area (Å²) in [6.07, 6.45) is -1.48. The second-order valence-electron chi connectivity index (χ2n) is 12.7. The molecule has 0 heterocycles. The van der Waals surface area contributed by atoms with Gasteiger partial charge in [0.15, 0.2) is 0 Å². The number of primary amides is 1. The number of nitrogens with one attached hydrogen (secondary N) is 2. The fourth-order valence-electron chi connectivity index (χ4n) is 4.41. The highest BCUT2D eigenvalue weighted by Gasteiger charge is 2.38. The monoisotopic (exact) mass is 626 g/mol. The lowest BCUT2D eigenvalue weighted by Gasteiger charge is -2.35. The second kappa shape index (κ2) is 16.0. The molecule has 3 unspecified atom stereocenters. The molecule has 0 spiro atoms. The maximum Gasteiger partial charge on any atom is 0.408 e. The lowest BCUT2D eigenvalue weighted by molar-refractivity contribution is -0.159. The largest absolute Gasteiger partial charge is 0.458 e. The van der Waals surface area contributed by atoms with Crippen LogP contribution in [-0.2, 0) is 35.1 Å². The van der Waals surface area contributed by atoms with Gasteiger partial charge in [0.1, 0.15) is 29.3 Å². The molecule has 45 heavy (non-hydrogen) atoms. The number of aliphatic hydroxyl groups excluding tert-OH is 1. The average molecular weight is 627 g/mol. The van der Waals surface area contributed by atoms with Crippen LogP contribution < -0.4 is 16.4 Å². The van der Waals surface area contributed by atoms with E-state index in [0.717, 1.165) is 16.0 Å². The predicted octanol–water partition coefficient (Wildman–Crippen LogP) is 2.69. The van der Waals surface area contributed by atoms with Crippen molar-refractivity contribution in [3.8, 4) is 0 Å². The average Bonchev–Trinajstić information content (AvgIpc) is 2.91. The van der Waals surface area contributed by atoms with E-state index < -0.39 is 72.1 Å². The number of aryl methyl sites for hydroxylation is 1. The van der Waals surface area contributed by atoms with Gasteiger partial charge in [0.05, 0.1) is 13.0 Å². The normalized spacial score (nSPS) is 13.5. The van der Waals surface area contributed by atoms with Crippen LogP contribution in [0.4, 0.5) is 4.79 Å². The van der Waals surface area contributed by atoms with Crippen molar-refractivity contribution < 1.29 is 38.6 Å². The quantitative estimate of drug-likeness (QED) is 0.245. The fourth-order valence-corrected chi connectivity index (χ4v) is 4.41. The van der Waals surface area contributed by atoms with E-state index in [9.17, 15) is 29.1 Å². The molecule has 246 valence electrons. The molecule has 4 amide bonds. The van der Waals surface area contributed by atoms with Crippen molar-refractivity contribution in [1.29, 1.82) is 0 Å². The summed E-state index contributed by atoms with van der Waals surface area (Å²) in [6.45, 7) is 10.9. The van der Waals surface area contributed by atoms with Gasteiger partial charge in [-0.15, -0.1) is 0 Å². The number of hydrogen-bond donors (Lipinski definition) is 4. The van der Waals surface area contributed by atoms with Gasteiger partial charge in [-0.3, -0.25) is 14.4 Å². The molecule has 0 aromatic heterocycles. The van der Waals surface area contributed by atoms with E-state index in [0.29, 0.717) is 5.56 Å². The Hall–Kier alpha value is -4.45. The summed E-state index contributed by atoms with van der Waals surface area (Å²) in [6, 6.07) is 11.8. The third-order valence-corrected chi connectivity index (χ3v) is 6.26. The lowest BCUT2D eigenvalue weighted by Crippen LogP contribution is -2.56. The number of ether oxygens (including phenoxy) is 2. The van der Waals surface area contributed by atoms with Crippen molar-refractivity contribution in [1.82, 2.24) is 15.5 Å². The second-order valence-corrected chi connectivity index (χ2v) is 12.7. The predicted molar refractivity (Wildman–Crippen MR) is 168 cm³/mol. The molecule has 2 aromatic rings. The number of carbonyl (C=O) groups is 5. The van der Waals surface area contributed by atoms with Gasteiger partial charge in [0.2, 0.25) is 17.7 Å². The van der Waals surface area contributed by atoms with Gasteiger partial charge in [-0.25, -0.2) is 9.59 Å². The highest BCUT2D eigenvalue weighted by atomic mass is 16.6. The minimum atomic E-state index is -1.52. The molecule has 12 nitrogen and oxygen atoms in total. The molecule has 0 aliphatic heterocycles. The maximum atomic E-state index is 14.2. The van der Waals surface area contributed by atoms with Crippen molar-refractivity contribution in [3.05, 3.63) is 71.3 Å². The first kappa shape index (κ1) is 36.7. The van der Waals surface area contributed by atoms with E-state index >= 15 is 0 Å². The third-order valence-electron chi connectivity index (χ3n) is 6.26. The molecule has 0 saturated heterocycles. The first-order valence-electron chi connectivity index (χ1n) is 14.7. The smallest absolute Gasteiger partial charge is 0.408 e. The minimum absolute atomic E-state index is 0.0978. The number of benzene rings is 2. The van der Waals surface area contributed by atoms with E-state index in [1.54, 1.807) is 90.1 Å². The number of carbonyl (C=O) groups excluding carboxylic acids is 5. The molecule has 0 fully saturated rings. The van der Waals surface area contributed by atoms with Gasteiger partial charge in [-0.2, -0.15) is 0 Å². The minimum Gasteiger partial charge on any atom is -0.458 e. The zero-order valence-corrected chi connectivity index (χ0v) is 27.1. The molecule has 0 aliphatic rings. The SMILES string of the molecule is Cc1ccc(C(C(=O)NC(Cc2ccccc2)C(=O)OC(C)(C)C)N(CCO)C(=O)C(CC(N)=O)NC(=O)OC(C)(C)C)cc1. The highest BCUT2D eigenvalue weighted by molar-refractivity contribution is 5.95. The van der Waals surface area contributed by atoms with Crippen LogP contribution in [0.3, 0.4) is 0 Å². The number of hydrogen-bond acceptors (Lipinski definition) is 8. The molecule has 0 aliphatic carbocycles. The summed E-state index contributed by atoms with van der Waals surface area (Å²) < 4.78 is 10.9. The number of alkyl carbamates (subject to hydrolysis) is 1. The van der Waals surface area contributed by atoms with Crippen LogP contribution in [0.15, 0.2) is 54.6 Å². The standard InChI is InChI=1S/C33H46N4O8/c1-21-13-15-23(16-14-21)27(28(40)35-25(30(42)44-32(2,3)4)19-22-11-9-8-10-12-22)37(17-18-38)29(41)24(20-26(34)39)36-31(43)45-33(5,6)7/h8-16,24-25,27,38H,17-20H2,1-7H3,(H2,34,39)(H,35,40)(H,36,43). The molecule has 0 radical (unpaired) electrons. The number of nitrogens with two attached hydrogens (primary N) is 1. The Balaban J connectivity index is 2.57. The molecular formula is C33H46N4O8. The van der Waals surface area contributed by atoms with Gasteiger partial charge in [0.25, 0.3) is 0 Å². The van der Waals surface area contributed by atoms with Crippen molar-refractivity contribution in [2.24, 2.45) is 5.73 Å². The third kappa shape index (κ3) is 12.6. The van der Waals surface area contributed by atoms with E-state index in [1.807, 2.05) is 13.0 Å². The van der Waals surface area contributed by atoms with Gasteiger partial charge in [-0.1, -0.05) is 60.2 Å². The van der Waals surface area contributed by atoms with Crippen molar-refractivity contribution >= 4 is 29.8 Å². The number of aliphatic hydroxyl groups is 1. The summed E-state index contributed by atoms with van der Waals surface area (Å²) in [4.78, 5) is 67.1. The Morgan fingerprint density at radius 3 is 1.93 bits per heavy atom. The zero-order valence-electron chi connectivity index (χ0n) is 27.1. The number of amides is 4. The molecule has 2 aromatic carbocycles. The summed E-state index contributed by atoms with van der Waals surface area (Å²) >= 11 is 0. The lowest BCUT2D eigenvalue weighted by atomic mass is 9.99. The van der Waals surface area contributed by atoms with Crippen LogP contribution >= 0.6 is 0 Å². The molecule has 3 atom stereocenters. The van der Waals surface area contributed by atoms with E-state index in [-0.39, 0.29) is 13.0 Å².